The summed E-state index contributed by atoms with van der Waals surface area (Å²) in [6, 6.07) is 6.93. The lowest BCUT2D eigenvalue weighted by Crippen LogP contribution is -2.22. The number of hydrogen-bond donors (Lipinski definition) is 3. The van der Waals surface area contributed by atoms with Gasteiger partial charge in [-0.15, -0.1) is 0 Å². The van der Waals surface area contributed by atoms with E-state index in [-0.39, 0.29) is 31.4 Å². The molecule has 0 atom stereocenters. The van der Waals surface area contributed by atoms with Crippen LogP contribution in [0.5, 0.6) is 17.2 Å². The van der Waals surface area contributed by atoms with Gasteiger partial charge in [-0.1, -0.05) is 11.6 Å². The van der Waals surface area contributed by atoms with E-state index in [9.17, 15) is 9.18 Å². The number of methoxy groups -OCH3 is 2. The fourth-order valence-electron chi connectivity index (χ4n) is 2.25. The Balaban J connectivity index is 2.07. The zero-order valence-corrected chi connectivity index (χ0v) is 15.6. The van der Waals surface area contributed by atoms with E-state index >= 15 is 0 Å². The quantitative estimate of drug-likeness (QED) is 0.602. The highest BCUT2D eigenvalue weighted by Crippen LogP contribution is 2.35. The molecule has 2 rings (SSSR count). The van der Waals surface area contributed by atoms with Crippen LogP contribution >= 0.6 is 11.6 Å². The number of amides is 1. The topological polar surface area (TPSA) is 89.1 Å². The third-order valence-electron chi connectivity index (χ3n) is 3.48. The first-order valence-corrected chi connectivity index (χ1v) is 8.34. The molecule has 0 saturated heterocycles. The van der Waals surface area contributed by atoms with Crippen LogP contribution in [0, 0.1) is 5.82 Å². The maximum atomic E-state index is 13.4. The Kier molecular flexibility index (Phi) is 7.51. The fourth-order valence-corrected chi connectivity index (χ4v) is 2.48. The molecule has 146 valence electrons. The summed E-state index contributed by atoms with van der Waals surface area (Å²) in [4.78, 5) is 12.3. The number of aliphatic hydroxyl groups excluding tert-OH is 1. The largest absolute Gasteiger partial charge is 0.495 e. The van der Waals surface area contributed by atoms with Gasteiger partial charge in [0.2, 0.25) is 5.91 Å². The molecule has 0 bridgehead atoms. The van der Waals surface area contributed by atoms with Crippen LogP contribution in [0.2, 0.25) is 5.02 Å². The van der Waals surface area contributed by atoms with E-state index in [0.717, 1.165) is 0 Å². The molecule has 2 aromatic carbocycles. The standard InChI is InChI=1S/C18H20ClFN2O5/c1-25-15-9-14(16(26-2)8-12(15)19)22-18(24)10-21-13-4-3-11(20)7-17(13)27-6-5-23/h3-4,7-9,21,23H,5-6,10H2,1-2H3,(H,22,24). The SMILES string of the molecule is COc1cc(NC(=O)CNc2ccc(F)cc2OCCO)c(OC)cc1Cl. The molecule has 3 N–H and O–H groups in total. The van der Waals surface area contributed by atoms with Gasteiger partial charge in [0.15, 0.2) is 0 Å². The lowest BCUT2D eigenvalue weighted by atomic mass is 10.2. The zero-order chi connectivity index (χ0) is 19.8. The third kappa shape index (κ3) is 5.63. The summed E-state index contributed by atoms with van der Waals surface area (Å²) in [5.74, 6) is 0.0930. The molecule has 0 unspecified atom stereocenters. The second-order valence-electron chi connectivity index (χ2n) is 5.30. The molecule has 0 spiro atoms. The number of carbonyl (C=O) groups excluding carboxylic acids is 1. The van der Waals surface area contributed by atoms with Crippen molar-refractivity contribution in [3.63, 3.8) is 0 Å². The summed E-state index contributed by atoms with van der Waals surface area (Å²) in [5.41, 5.74) is 0.807. The van der Waals surface area contributed by atoms with Crippen LogP contribution in [-0.2, 0) is 4.79 Å². The molecule has 9 heteroatoms. The van der Waals surface area contributed by atoms with Crippen LogP contribution in [-0.4, -0.2) is 45.0 Å². The van der Waals surface area contributed by atoms with Crippen LogP contribution in [0.3, 0.4) is 0 Å². The Bertz CT molecular complexity index is 804. The Labute approximate surface area is 161 Å². The minimum absolute atomic E-state index is 0.00605. The van der Waals surface area contributed by atoms with E-state index in [4.69, 9.17) is 30.9 Å². The molecule has 0 aliphatic heterocycles. The maximum absolute atomic E-state index is 13.4. The van der Waals surface area contributed by atoms with Gasteiger partial charge in [0.25, 0.3) is 0 Å². The van der Waals surface area contributed by atoms with Gasteiger partial charge in [-0.05, 0) is 12.1 Å². The summed E-state index contributed by atoms with van der Waals surface area (Å²) < 4.78 is 29.0. The average molecular weight is 399 g/mol. The van der Waals surface area contributed by atoms with Crippen molar-refractivity contribution < 1.29 is 28.5 Å². The van der Waals surface area contributed by atoms with Crippen molar-refractivity contribution in [1.82, 2.24) is 0 Å². The predicted octanol–water partition coefficient (Wildman–Crippen LogP) is 2.92. The first-order valence-electron chi connectivity index (χ1n) is 7.97. The van der Waals surface area contributed by atoms with Crippen molar-refractivity contribution in [1.29, 1.82) is 0 Å². The van der Waals surface area contributed by atoms with Crippen molar-refractivity contribution in [2.24, 2.45) is 0 Å². The Morgan fingerprint density at radius 3 is 2.52 bits per heavy atom. The van der Waals surface area contributed by atoms with Gasteiger partial charge >= 0.3 is 0 Å². The molecule has 0 aromatic heterocycles. The fraction of sp³-hybridized carbons (Fsp3) is 0.278. The van der Waals surface area contributed by atoms with Gasteiger partial charge in [-0.2, -0.15) is 0 Å². The summed E-state index contributed by atoms with van der Waals surface area (Å²) in [6.45, 7) is -0.323. The van der Waals surface area contributed by atoms with Gasteiger partial charge in [-0.3, -0.25) is 4.79 Å². The van der Waals surface area contributed by atoms with Gasteiger partial charge in [0.05, 0.1) is 43.8 Å². The van der Waals surface area contributed by atoms with Gasteiger partial charge in [0.1, 0.15) is 29.7 Å². The molecular formula is C18H20ClFN2O5. The monoisotopic (exact) mass is 398 g/mol. The molecule has 0 saturated carbocycles. The first kappa shape index (κ1) is 20.6. The minimum Gasteiger partial charge on any atom is -0.495 e. The highest BCUT2D eigenvalue weighted by atomic mass is 35.5. The van der Waals surface area contributed by atoms with E-state index in [1.54, 1.807) is 6.07 Å². The molecule has 0 fully saturated rings. The van der Waals surface area contributed by atoms with Crippen molar-refractivity contribution in [3.05, 3.63) is 41.2 Å². The van der Waals surface area contributed by atoms with Crippen molar-refractivity contribution in [2.75, 3.05) is 44.6 Å². The van der Waals surface area contributed by atoms with E-state index in [2.05, 4.69) is 10.6 Å². The van der Waals surface area contributed by atoms with E-state index in [0.29, 0.717) is 27.9 Å². The van der Waals surface area contributed by atoms with Gasteiger partial charge in [0, 0.05) is 18.2 Å². The zero-order valence-electron chi connectivity index (χ0n) is 14.8. The highest BCUT2D eigenvalue weighted by Gasteiger charge is 2.13. The molecule has 2 aromatic rings. The number of nitrogens with one attached hydrogen (secondary N) is 2. The smallest absolute Gasteiger partial charge is 0.243 e. The Hall–Kier alpha value is -2.71. The average Bonchev–Trinajstić information content (AvgIpc) is 2.66. The molecule has 7 nitrogen and oxygen atoms in total. The number of anilines is 2. The molecule has 27 heavy (non-hydrogen) atoms. The molecule has 0 aliphatic carbocycles. The maximum Gasteiger partial charge on any atom is 0.243 e. The van der Waals surface area contributed by atoms with Gasteiger partial charge in [-0.25, -0.2) is 4.39 Å². The third-order valence-corrected chi connectivity index (χ3v) is 3.78. The van der Waals surface area contributed by atoms with Crippen LogP contribution in [0.15, 0.2) is 30.3 Å². The van der Waals surface area contributed by atoms with Gasteiger partial charge < -0.3 is 30.0 Å². The summed E-state index contributed by atoms with van der Waals surface area (Å²) in [6.07, 6.45) is 0. The number of benzene rings is 2. The second-order valence-corrected chi connectivity index (χ2v) is 5.71. The number of aliphatic hydroxyl groups is 1. The van der Waals surface area contributed by atoms with Crippen LogP contribution < -0.4 is 24.8 Å². The normalized spacial score (nSPS) is 10.3. The van der Waals surface area contributed by atoms with E-state index < -0.39 is 5.82 Å². The number of halogens is 2. The molecular weight excluding hydrogens is 379 g/mol. The second kappa shape index (κ2) is 9.84. The van der Waals surface area contributed by atoms with Crippen molar-refractivity contribution in [3.8, 4) is 17.2 Å². The van der Waals surface area contributed by atoms with E-state index in [1.807, 2.05) is 0 Å². The Morgan fingerprint density at radius 1 is 1.11 bits per heavy atom. The van der Waals surface area contributed by atoms with Crippen molar-refractivity contribution in [2.45, 2.75) is 0 Å². The molecule has 0 heterocycles. The lowest BCUT2D eigenvalue weighted by molar-refractivity contribution is -0.114. The predicted molar refractivity (Wildman–Crippen MR) is 101 cm³/mol. The number of carbonyl (C=O) groups is 1. The van der Waals surface area contributed by atoms with Crippen LogP contribution in [0.4, 0.5) is 15.8 Å². The van der Waals surface area contributed by atoms with E-state index in [1.165, 1.54) is 38.5 Å². The molecule has 0 radical (unpaired) electrons. The van der Waals surface area contributed by atoms with Crippen LogP contribution in [0.1, 0.15) is 0 Å². The Morgan fingerprint density at radius 2 is 1.85 bits per heavy atom. The lowest BCUT2D eigenvalue weighted by Gasteiger charge is -2.15. The molecule has 0 aliphatic rings. The number of ether oxygens (including phenoxy) is 3. The van der Waals surface area contributed by atoms with Crippen LogP contribution in [0.25, 0.3) is 0 Å². The number of rotatable bonds is 9. The summed E-state index contributed by atoms with van der Waals surface area (Å²) in [7, 11) is 2.92. The molecule has 1 amide bonds. The summed E-state index contributed by atoms with van der Waals surface area (Å²) >= 11 is 6.04. The first-order chi connectivity index (χ1) is 13.0. The highest BCUT2D eigenvalue weighted by molar-refractivity contribution is 6.32. The minimum atomic E-state index is -0.490. The van der Waals surface area contributed by atoms with Crippen molar-refractivity contribution >= 4 is 28.9 Å². The number of hydrogen-bond acceptors (Lipinski definition) is 6. The summed E-state index contributed by atoms with van der Waals surface area (Å²) in [5, 5.41) is 14.7.